The van der Waals surface area contributed by atoms with Crippen molar-refractivity contribution in [3.8, 4) is 0 Å². The molecule has 0 unspecified atom stereocenters. The smallest absolute Gasteiger partial charge is 0.454 e. The number of rotatable bonds is 2. The van der Waals surface area contributed by atoms with Crippen LogP contribution in [0.2, 0.25) is 0 Å². The summed E-state index contributed by atoms with van der Waals surface area (Å²) in [5, 5.41) is 0.688. The van der Waals surface area contributed by atoms with E-state index in [0.717, 1.165) is 0 Å². The Hall–Kier alpha value is -2.31. The molecule has 0 radical (unpaired) electrons. The fraction of sp³-hybridized carbons (Fsp3) is 0.167. The van der Waals surface area contributed by atoms with Gasteiger partial charge in [0, 0.05) is 17.3 Å². The van der Waals surface area contributed by atoms with Crippen LogP contribution in [0.4, 0.5) is 18.9 Å². The van der Waals surface area contributed by atoms with Gasteiger partial charge >= 0.3 is 12.1 Å². The number of ether oxygens (including phenoxy) is 1. The number of carbonyl (C=O) groups excluding carboxylic acids is 1. The molecule has 1 aromatic heterocycles. The van der Waals surface area contributed by atoms with Gasteiger partial charge < -0.3 is 10.5 Å². The number of aromatic nitrogens is 1. The van der Waals surface area contributed by atoms with Crippen LogP contribution < -0.4 is 5.73 Å². The number of fused-ring (bicyclic) bond motifs is 1. The number of hydrogen-bond acceptors (Lipinski definition) is 4. The zero-order chi connectivity index (χ0) is 14.0. The van der Waals surface area contributed by atoms with Gasteiger partial charge in [-0.2, -0.15) is 13.2 Å². The highest BCUT2D eigenvalue weighted by molar-refractivity contribution is 5.90. The first kappa shape index (κ1) is 13.1. The molecule has 0 aliphatic rings. The van der Waals surface area contributed by atoms with Crippen LogP contribution in [0.1, 0.15) is 5.56 Å². The Morgan fingerprint density at radius 2 is 2.05 bits per heavy atom. The SMILES string of the molecule is Nc1ccnc2cc(COC(=O)C(F)(F)F)ccc12. The second-order valence-corrected chi connectivity index (χ2v) is 3.83. The third-order valence-corrected chi connectivity index (χ3v) is 2.44. The number of esters is 1. The first-order valence-corrected chi connectivity index (χ1v) is 5.25. The van der Waals surface area contributed by atoms with E-state index in [-0.39, 0.29) is 0 Å². The molecule has 0 bridgehead atoms. The molecule has 2 N–H and O–H groups in total. The molecule has 0 amide bonds. The third-order valence-electron chi connectivity index (χ3n) is 2.44. The van der Waals surface area contributed by atoms with Crippen LogP contribution in [-0.4, -0.2) is 17.1 Å². The molecule has 0 aliphatic carbocycles. The van der Waals surface area contributed by atoms with Gasteiger partial charge in [0.05, 0.1) is 5.52 Å². The average Bonchev–Trinajstić information content (AvgIpc) is 2.35. The number of nitrogens with two attached hydrogens (primary N) is 1. The van der Waals surface area contributed by atoms with Crippen molar-refractivity contribution in [2.24, 2.45) is 0 Å². The Morgan fingerprint density at radius 1 is 1.32 bits per heavy atom. The number of benzene rings is 1. The summed E-state index contributed by atoms with van der Waals surface area (Å²) in [6.07, 6.45) is -3.50. The van der Waals surface area contributed by atoms with Crippen molar-refractivity contribution in [3.05, 3.63) is 36.0 Å². The molecule has 0 fully saturated rings. The Bertz CT molecular complexity index is 626. The molecule has 1 heterocycles. The van der Waals surface area contributed by atoms with Crippen LogP contribution in [0.5, 0.6) is 0 Å². The highest BCUT2D eigenvalue weighted by atomic mass is 19.4. The topological polar surface area (TPSA) is 65.2 Å². The molecular formula is C12H9F3N2O2. The van der Waals surface area contributed by atoms with Crippen molar-refractivity contribution < 1.29 is 22.7 Å². The van der Waals surface area contributed by atoms with Crippen molar-refractivity contribution in [1.29, 1.82) is 0 Å². The van der Waals surface area contributed by atoms with Crippen LogP contribution in [0.25, 0.3) is 10.9 Å². The molecule has 0 saturated carbocycles. The number of anilines is 1. The minimum Gasteiger partial charge on any atom is -0.454 e. The fourth-order valence-corrected chi connectivity index (χ4v) is 1.54. The molecule has 0 aliphatic heterocycles. The van der Waals surface area contributed by atoms with Gasteiger partial charge in [0.15, 0.2) is 0 Å². The Labute approximate surface area is 106 Å². The lowest BCUT2D eigenvalue weighted by Gasteiger charge is -2.08. The molecule has 1 aromatic carbocycles. The maximum Gasteiger partial charge on any atom is 0.490 e. The highest BCUT2D eigenvalue weighted by Crippen LogP contribution is 2.21. The largest absolute Gasteiger partial charge is 0.490 e. The molecule has 0 atom stereocenters. The van der Waals surface area contributed by atoms with Gasteiger partial charge in [0.1, 0.15) is 6.61 Å². The number of nitrogens with zero attached hydrogens (tertiary/aromatic N) is 1. The molecule has 2 rings (SSSR count). The first-order valence-electron chi connectivity index (χ1n) is 5.25. The lowest BCUT2D eigenvalue weighted by molar-refractivity contribution is -0.201. The normalized spacial score (nSPS) is 11.5. The maximum atomic E-state index is 12.0. The van der Waals surface area contributed by atoms with E-state index < -0.39 is 18.8 Å². The molecule has 0 saturated heterocycles. The van der Waals surface area contributed by atoms with Gasteiger partial charge in [-0.1, -0.05) is 12.1 Å². The van der Waals surface area contributed by atoms with Crippen molar-refractivity contribution >= 4 is 22.6 Å². The van der Waals surface area contributed by atoms with E-state index in [1.165, 1.54) is 18.3 Å². The Balaban J connectivity index is 2.17. The predicted octanol–water partition coefficient (Wildman–Crippen LogP) is 2.42. The van der Waals surface area contributed by atoms with Crippen LogP contribution in [0, 0.1) is 0 Å². The second-order valence-electron chi connectivity index (χ2n) is 3.83. The zero-order valence-electron chi connectivity index (χ0n) is 9.57. The van der Waals surface area contributed by atoms with Crippen molar-refractivity contribution in [1.82, 2.24) is 4.98 Å². The summed E-state index contributed by atoms with van der Waals surface area (Å²) in [5.41, 5.74) is 7.16. The monoisotopic (exact) mass is 270 g/mol. The number of alkyl halides is 3. The van der Waals surface area contributed by atoms with Crippen molar-refractivity contribution in [3.63, 3.8) is 0 Å². The van der Waals surface area contributed by atoms with E-state index >= 15 is 0 Å². The van der Waals surface area contributed by atoms with Gasteiger partial charge in [0.25, 0.3) is 0 Å². The maximum absolute atomic E-state index is 12.0. The zero-order valence-corrected chi connectivity index (χ0v) is 9.57. The van der Waals surface area contributed by atoms with E-state index in [4.69, 9.17) is 5.73 Å². The Kier molecular flexibility index (Phi) is 3.28. The van der Waals surface area contributed by atoms with Crippen LogP contribution in [-0.2, 0) is 16.1 Å². The Morgan fingerprint density at radius 3 is 2.74 bits per heavy atom. The number of carbonyl (C=O) groups is 1. The minimum absolute atomic E-state index is 0.406. The van der Waals surface area contributed by atoms with E-state index in [2.05, 4.69) is 9.72 Å². The summed E-state index contributed by atoms with van der Waals surface area (Å²) >= 11 is 0. The van der Waals surface area contributed by atoms with Crippen LogP contribution >= 0.6 is 0 Å². The van der Waals surface area contributed by atoms with Crippen LogP contribution in [0.3, 0.4) is 0 Å². The first-order chi connectivity index (χ1) is 8.88. The van der Waals surface area contributed by atoms with Gasteiger partial charge in [0.2, 0.25) is 0 Å². The summed E-state index contributed by atoms with van der Waals surface area (Å²) in [5.74, 6) is -2.21. The number of pyridine rings is 1. The third kappa shape index (κ3) is 2.93. The number of nitrogen functional groups attached to an aromatic ring is 1. The predicted molar refractivity (Wildman–Crippen MR) is 62.0 cm³/mol. The highest BCUT2D eigenvalue weighted by Gasteiger charge is 2.40. The molecule has 0 spiro atoms. The van der Waals surface area contributed by atoms with Gasteiger partial charge in [-0.25, -0.2) is 4.79 Å². The standard InChI is InChI=1S/C12H9F3N2O2/c13-12(14,15)11(18)19-6-7-1-2-8-9(16)3-4-17-10(8)5-7/h1-5H,6H2,(H2,16,17). The molecule has 2 aromatic rings. The molecule has 4 nitrogen and oxygen atoms in total. The molecule has 7 heteroatoms. The van der Waals surface area contributed by atoms with E-state index in [1.54, 1.807) is 12.1 Å². The van der Waals surface area contributed by atoms with E-state index in [9.17, 15) is 18.0 Å². The fourth-order valence-electron chi connectivity index (χ4n) is 1.54. The summed E-state index contributed by atoms with van der Waals surface area (Å²) in [6.45, 7) is -0.467. The van der Waals surface area contributed by atoms with Gasteiger partial charge in [-0.05, 0) is 17.7 Å². The lowest BCUT2D eigenvalue weighted by Crippen LogP contribution is -2.25. The van der Waals surface area contributed by atoms with Crippen molar-refractivity contribution in [2.45, 2.75) is 12.8 Å². The van der Waals surface area contributed by atoms with Crippen LogP contribution in [0.15, 0.2) is 30.5 Å². The quantitative estimate of drug-likeness (QED) is 0.851. The number of hydrogen-bond donors (Lipinski definition) is 1. The number of halogens is 3. The lowest BCUT2D eigenvalue weighted by atomic mass is 10.1. The summed E-state index contributed by atoms with van der Waals surface area (Å²) in [6, 6.07) is 6.29. The second kappa shape index (κ2) is 4.75. The van der Waals surface area contributed by atoms with Crippen molar-refractivity contribution in [2.75, 3.05) is 5.73 Å². The van der Waals surface area contributed by atoms with E-state index in [1.807, 2.05) is 0 Å². The van der Waals surface area contributed by atoms with Gasteiger partial charge in [-0.3, -0.25) is 4.98 Å². The van der Waals surface area contributed by atoms with Gasteiger partial charge in [-0.15, -0.1) is 0 Å². The molecule has 100 valence electrons. The summed E-state index contributed by atoms with van der Waals surface area (Å²) in [4.78, 5) is 14.6. The minimum atomic E-state index is -4.99. The van der Waals surface area contributed by atoms with E-state index in [0.29, 0.717) is 22.2 Å². The molecule has 19 heavy (non-hydrogen) atoms. The average molecular weight is 270 g/mol. The molecular weight excluding hydrogens is 261 g/mol. The summed E-state index contributed by atoms with van der Waals surface area (Å²) in [7, 11) is 0. The summed E-state index contributed by atoms with van der Waals surface area (Å²) < 4.78 is 40.0.